The Labute approximate surface area is 135 Å². The third-order valence-electron chi connectivity index (χ3n) is 3.76. The highest BCUT2D eigenvalue weighted by Crippen LogP contribution is 2.23. The maximum Gasteiger partial charge on any atom is 0.573 e. The van der Waals surface area contributed by atoms with E-state index in [1.54, 1.807) is 12.1 Å². The molecule has 126 valence electrons. The first-order valence-corrected chi connectivity index (χ1v) is 7.20. The van der Waals surface area contributed by atoms with E-state index < -0.39 is 6.36 Å². The van der Waals surface area contributed by atoms with Crippen molar-refractivity contribution in [3.8, 4) is 5.75 Å². The van der Waals surface area contributed by atoms with Crippen LogP contribution in [-0.2, 0) is 6.54 Å². The van der Waals surface area contributed by atoms with E-state index >= 15 is 0 Å². The Morgan fingerprint density at radius 1 is 1.18 bits per heavy atom. The summed E-state index contributed by atoms with van der Waals surface area (Å²) in [5.74, 6) is -0.174. The molecule has 1 heterocycles. The summed E-state index contributed by atoms with van der Waals surface area (Å²) >= 11 is 0. The van der Waals surface area contributed by atoms with Crippen LogP contribution in [0.2, 0.25) is 0 Å². The molecule has 7 heteroatoms. The highest BCUT2D eigenvalue weighted by molar-refractivity contribution is 5.85. The van der Waals surface area contributed by atoms with Gasteiger partial charge in [-0.3, -0.25) is 4.90 Å². The van der Waals surface area contributed by atoms with Gasteiger partial charge in [-0.2, -0.15) is 0 Å². The summed E-state index contributed by atoms with van der Waals surface area (Å²) in [6, 6.07) is 6.63. The largest absolute Gasteiger partial charge is 0.573 e. The molecule has 1 aliphatic rings. The third kappa shape index (κ3) is 6.42. The summed E-state index contributed by atoms with van der Waals surface area (Å²) in [6.07, 6.45) is -1.22. The molecular weight excluding hydrogens is 317 g/mol. The van der Waals surface area contributed by atoms with E-state index in [4.69, 9.17) is 0 Å². The van der Waals surface area contributed by atoms with E-state index in [2.05, 4.69) is 22.0 Å². The second-order valence-corrected chi connectivity index (χ2v) is 5.44. The molecule has 3 nitrogen and oxygen atoms in total. The number of rotatable bonds is 4. The first kappa shape index (κ1) is 19.1. The van der Waals surface area contributed by atoms with Gasteiger partial charge in [-0.25, -0.2) is 0 Å². The van der Waals surface area contributed by atoms with Crippen molar-refractivity contribution in [2.24, 2.45) is 0 Å². The standard InChI is InChI=1S/C15H21F3N2O.ClH/c1-20(13-3-2-9-19-10-8-13)11-12-4-6-14(7-5-12)21-15(16,17)18;/h4-7,13,19H,2-3,8-11H2,1H3;1H. The van der Waals surface area contributed by atoms with E-state index in [0.29, 0.717) is 6.04 Å². The minimum atomic E-state index is -4.63. The molecule has 1 saturated heterocycles. The fourth-order valence-corrected chi connectivity index (χ4v) is 2.66. The molecule has 0 amide bonds. The van der Waals surface area contributed by atoms with Crippen molar-refractivity contribution < 1.29 is 17.9 Å². The quantitative estimate of drug-likeness (QED) is 0.908. The van der Waals surface area contributed by atoms with Crippen molar-refractivity contribution in [1.29, 1.82) is 0 Å². The van der Waals surface area contributed by atoms with Crippen LogP contribution in [0.4, 0.5) is 13.2 Å². The lowest BCUT2D eigenvalue weighted by Gasteiger charge is -2.27. The van der Waals surface area contributed by atoms with E-state index in [0.717, 1.165) is 44.5 Å². The maximum absolute atomic E-state index is 12.1. The van der Waals surface area contributed by atoms with Crippen molar-refractivity contribution in [3.63, 3.8) is 0 Å². The van der Waals surface area contributed by atoms with Gasteiger partial charge in [0, 0.05) is 12.6 Å². The molecule has 1 atom stereocenters. The maximum atomic E-state index is 12.1. The van der Waals surface area contributed by atoms with Crippen LogP contribution in [0.3, 0.4) is 0 Å². The summed E-state index contributed by atoms with van der Waals surface area (Å²) < 4.78 is 40.2. The topological polar surface area (TPSA) is 24.5 Å². The number of hydrogen-bond donors (Lipinski definition) is 1. The number of halogens is 4. The lowest BCUT2D eigenvalue weighted by molar-refractivity contribution is -0.274. The van der Waals surface area contributed by atoms with Crippen LogP contribution >= 0.6 is 12.4 Å². The third-order valence-corrected chi connectivity index (χ3v) is 3.76. The van der Waals surface area contributed by atoms with Gasteiger partial charge in [0.25, 0.3) is 0 Å². The van der Waals surface area contributed by atoms with Gasteiger partial charge in [0.15, 0.2) is 0 Å². The van der Waals surface area contributed by atoms with Gasteiger partial charge in [-0.1, -0.05) is 12.1 Å². The molecule has 1 aromatic carbocycles. The molecule has 0 radical (unpaired) electrons. The predicted octanol–water partition coefficient (Wildman–Crippen LogP) is 3.58. The van der Waals surface area contributed by atoms with Gasteiger partial charge >= 0.3 is 6.36 Å². The Hall–Kier alpha value is -0.980. The lowest BCUT2D eigenvalue weighted by Crippen LogP contribution is -2.32. The number of alkyl halides is 3. The summed E-state index contributed by atoms with van der Waals surface area (Å²) in [7, 11) is 2.07. The van der Waals surface area contributed by atoms with Crippen molar-refractivity contribution in [3.05, 3.63) is 29.8 Å². The van der Waals surface area contributed by atoms with Crippen LogP contribution in [0.5, 0.6) is 5.75 Å². The Bertz CT molecular complexity index is 431. The number of nitrogens with one attached hydrogen (secondary N) is 1. The zero-order chi connectivity index (χ0) is 15.3. The average Bonchev–Trinajstić information content (AvgIpc) is 2.68. The zero-order valence-corrected chi connectivity index (χ0v) is 13.3. The summed E-state index contributed by atoms with van der Waals surface area (Å²) in [5.41, 5.74) is 0.990. The molecule has 1 aromatic rings. The second kappa shape index (κ2) is 8.60. The number of nitrogens with zero attached hydrogens (tertiary/aromatic N) is 1. The SMILES string of the molecule is CN(Cc1ccc(OC(F)(F)F)cc1)C1CCCNCC1.Cl. The van der Waals surface area contributed by atoms with Gasteiger partial charge in [-0.05, 0) is 57.1 Å². The van der Waals surface area contributed by atoms with Gasteiger partial charge < -0.3 is 10.1 Å². The van der Waals surface area contributed by atoms with Crippen LogP contribution in [0.25, 0.3) is 0 Å². The van der Waals surface area contributed by atoms with E-state index in [-0.39, 0.29) is 18.2 Å². The van der Waals surface area contributed by atoms with E-state index in [1.165, 1.54) is 12.1 Å². The van der Waals surface area contributed by atoms with Crippen molar-refractivity contribution in [2.45, 2.75) is 38.2 Å². The summed E-state index contributed by atoms with van der Waals surface area (Å²) in [4.78, 5) is 2.27. The van der Waals surface area contributed by atoms with Crippen LogP contribution < -0.4 is 10.1 Å². The number of hydrogen-bond acceptors (Lipinski definition) is 3. The zero-order valence-electron chi connectivity index (χ0n) is 12.5. The van der Waals surface area contributed by atoms with Gasteiger partial charge in [0.1, 0.15) is 5.75 Å². The number of benzene rings is 1. The normalized spacial score (nSPS) is 19.4. The molecular formula is C15H22ClF3N2O. The van der Waals surface area contributed by atoms with Crippen LogP contribution in [0.15, 0.2) is 24.3 Å². The highest BCUT2D eigenvalue weighted by atomic mass is 35.5. The first-order chi connectivity index (χ1) is 9.94. The second-order valence-electron chi connectivity index (χ2n) is 5.44. The predicted molar refractivity (Wildman–Crippen MR) is 82.3 cm³/mol. The molecule has 1 unspecified atom stereocenters. The Morgan fingerprint density at radius 2 is 1.86 bits per heavy atom. The van der Waals surface area contributed by atoms with Crippen molar-refractivity contribution in [2.75, 3.05) is 20.1 Å². The molecule has 1 fully saturated rings. The van der Waals surface area contributed by atoms with E-state index in [1.807, 2.05) is 0 Å². The molecule has 0 saturated carbocycles. The van der Waals surface area contributed by atoms with Crippen LogP contribution in [0, 0.1) is 0 Å². The minimum absolute atomic E-state index is 0. The van der Waals surface area contributed by atoms with Crippen LogP contribution in [0.1, 0.15) is 24.8 Å². The molecule has 22 heavy (non-hydrogen) atoms. The molecule has 0 bridgehead atoms. The Kier molecular flexibility index (Phi) is 7.45. The van der Waals surface area contributed by atoms with Gasteiger partial charge in [0.2, 0.25) is 0 Å². The minimum Gasteiger partial charge on any atom is -0.406 e. The van der Waals surface area contributed by atoms with Crippen LogP contribution in [-0.4, -0.2) is 37.4 Å². The fourth-order valence-electron chi connectivity index (χ4n) is 2.66. The molecule has 0 aromatic heterocycles. The monoisotopic (exact) mass is 338 g/mol. The Balaban J connectivity index is 0.00000242. The Morgan fingerprint density at radius 3 is 2.50 bits per heavy atom. The van der Waals surface area contributed by atoms with Gasteiger partial charge in [-0.15, -0.1) is 25.6 Å². The average molecular weight is 339 g/mol. The van der Waals surface area contributed by atoms with Crippen molar-refractivity contribution in [1.82, 2.24) is 10.2 Å². The highest BCUT2D eigenvalue weighted by Gasteiger charge is 2.31. The molecule has 1 aliphatic heterocycles. The molecule has 2 rings (SSSR count). The van der Waals surface area contributed by atoms with E-state index in [9.17, 15) is 13.2 Å². The molecule has 0 aliphatic carbocycles. The molecule has 0 spiro atoms. The summed E-state index contributed by atoms with van der Waals surface area (Å²) in [6.45, 7) is 2.82. The van der Waals surface area contributed by atoms with Crippen molar-refractivity contribution >= 4 is 12.4 Å². The lowest BCUT2D eigenvalue weighted by atomic mass is 10.1. The molecule has 1 N–H and O–H groups in total. The fraction of sp³-hybridized carbons (Fsp3) is 0.600. The smallest absolute Gasteiger partial charge is 0.406 e. The summed E-state index contributed by atoms with van der Waals surface area (Å²) in [5, 5.41) is 3.38. The number of ether oxygens (including phenoxy) is 1. The first-order valence-electron chi connectivity index (χ1n) is 7.20. The van der Waals surface area contributed by atoms with Gasteiger partial charge in [0.05, 0.1) is 0 Å².